The number of hydrogen-bond donors (Lipinski definition) is 0. The van der Waals surface area contributed by atoms with Crippen LogP contribution >= 0.6 is 0 Å². The number of likely N-dealkylation sites (tertiary alicyclic amines) is 1. The fourth-order valence-corrected chi connectivity index (χ4v) is 2.94. The van der Waals surface area contributed by atoms with E-state index >= 15 is 0 Å². The molecule has 1 unspecified atom stereocenters. The summed E-state index contributed by atoms with van der Waals surface area (Å²) in [6, 6.07) is 10.6. The first-order valence-corrected chi connectivity index (χ1v) is 7.47. The lowest BCUT2D eigenvalue weighted by Crippen LogP contribution is -2.29. The van der Waals surface area contributed by atoms with Crippen molar-refractivity contribution in [1.29, 1.82) is 0 Å². The van der Waals surface area contributed by atoms with Crippen molar-refractivity contribution in [2.24, 2.45) is 0 Å². The summed E-state index contributed by atoms with van der Waals surface area (Å²) in [4.78, 5) is 14.1. The molecule has 0 aromatic heterocycles. The van der Waals surface area contributed by atoms with Crippen LogP contribution in [0.4, 0.5) is 8.78 Å². The van der Waals surface area contributed by atoms with Crippen molar-refractivity contribution in [2.45, 2.75) is 12.3 Å². The number of amides is 1. The van der Waals surface area contributed by atoms with E-state index in [2.05, 4.69) is 0 Å². The Balaban J connectivity index is 1.75. The molecule has 1 saturated heterocycles. The molecule has 5 heteroatoms. The molecular formula is C18H17F2NO2. The molecule has 3 rings (SSSR count). The van der Waals surface area contributed by atoms with Crippen LogP contribution in [0.1, 0.15) is 28.3 Å². The van der Waals surface area contributed by atoms with Crippen molar-refractivity contribution in [1.82, 2.24) is 4.90 Å². The Morgan fingerprint density at radius 2 is 2.04 bits per heavy atom. The standard InChI is InChI=1S/C18H17F2NO2/c1-23-15-5-6-16(17(20)10-15)18(22)21-8-7-13(11-21)12-3-2-4-14(19)9-12/h2-6,9-10,13H,7-8,11H2,1H3. The van der Waals surface area contributed by atoms with Crippen LogP contribution in [-0.2, 0) is 0 Å². The number of carbonyl (C=O) groups excluding carboxylic acids is 1. The van der Waals surface area contributed by atoms with Crippen molar-refractivity contribution in [3.05, 3.63) is 65.2 Å². The molecule has 1 aliphatic heterocycles. The van der Waals surface area contributed by atoms with Gasteiger partial charge in [0.25, 0.3) is 5.91 Å². The molecule has 1 aliphatic rings. The first-order valence-electron chi connectivity index (χ1n) is 7.47. The van der Waals surface area contributed by atoms with Gasteiger partial charge >= 0.3 is 0 Å². The summed E-state index contributed by atoms with van der Waals surface area (Å²) < 4.78 is 32.3. The number of ether oxygens (including phenoxy) is 1. The molecule has 0 N–H and O–H groups in total. The lowest BCUT2D eigenvalue weighted by Gasteiger charge is -2.17. The maximum Gasteiger partial charge on any atom is 0.256 e. The van der Waals surface area contributed by atoms with Crippen LogP contribution in [0.2, 0.25) is 0 Å². The van der Waals surface area contributed by atoms with E-state index in [0.29, 0.717) is 18.8 Å². The summed E-state index contributed by atoms with van der Waals surface area (Å²) in [6.45, 7) is 0.999. The van der Waals surface area contributed by atoms with Gasteiger partial charge in [0.05, 0.1) is 12.7 Å². The SMILES string of the molecule is COc1ccc(C(=O)N2CCC(c3cccc(F)c3)C2)c(F)c1. The number of benzene rings is 2. The van der Waals surface area contributed by atoms with Gasteiger partial charge in [0.1, 0.15) is 17.4 Å². The summed E-state index contributed by atoms with van der Waals surface area (Å²) in [5.74, 6) is -0.768. The Kier molecular flexibility index (Phi) is 4.28. The van der Waals surface area contributed by atoms with Crippen LogP contribution in [0.3, 0.4) is 0 Å². The van der Waals surface area contributed by atoms with Crippen LogP contribution < -0.4 is 4.74 Å². The number of rotatable bonds is 3. The maximum atomic E-state index is 14.0. The molecule has 1 heterocycles. The van der Waals surface area contributed by atoms with Crippen molar-refractivity contribution in [3.63, 3.8) is 0 Å². The first kappa shape index (κ1) is 15.5. The van der Waals surface area contributed by atoms with Crippen molar-refractivity contribution < 1.29 is 18.3 Å². The minimum absolute atomic E-state index is 0.0330. The Bertz CT molecular complexity index is 733. The fraction of sp³-hybridized carbons (Fsp3) is 0.278. The van der Waals surface area contributed by atoms with Gasteiger partial charge in [0.2, 0.25) is 0 Å². The molecule has 1 fully saturated rings. The predicted molar refractivity (Wildman–Crippen MR) is 82.6 cm³/mol. The third-order valence-corrected chi connectivity index (χ3v) is 4.20. The summed E-state index contributed by atoms with van der Waals surface area (Å²) in [7, 11) is 1.44. The normalized spacial score (nSPS) is 17.3. The quantitative estimate of drug-likeness (QED) is 0.865. The smallest absolute Gasteiger partial charge is 0.256 e. The molecule has 0 bridgehead atoms. The zero-order valence-corrected chi connectivity index (χ0v) is 12.8. The summed E-state index contributed by atoms with van der Waals surface area (Å²) in [5, 5.41) is 0. The second kappa shape index (κ2) is 6.36. The van der Waals surface area contributed by atoms with Crippen molar-refractivity contribution in [2.75, 3.05) is 20.2 Å². The van der Waals surface area contributed by atoms with Crippen LogP contribution in [0.15, 0.2) is 42.5 Å². The molecule has 0 radical (unpaired) electrons. The van der Waals surface area contributed by atoms with Gasteiger partial charge in [-0.05, 0) is 36.2 Å². The first-order chi connectivity index (χ1) is 11.1. The molecule has 1 amide bonds. The average Bonchev–Trinajstić information content (AvgIpc) is 3.04. The van der Waals surface area contributed by atoms with E-state index in [1.54, 1.807) is 17.0 Å². The van der Waals surface area contributed by atoms with E-state index in [1.807, 2.05) is 6.07 Å². The van der Waals surface area contributed by atoms with Crippen molar-refractivity contribution in [3.8, 4) is 5.75 Å². The van der Waals surface area contributed by atoms with Gasteiger partial charge in [-0.3, -0.25) is 4.79 Å². The predicted octanol–water partition coefficient (Wildman–Crippen LogP) is 3.60. The zero-order valence-electron chi connectivity index (χ0n) is 12.8. The molecule has 120 valence electrons. The monoisotopic (exact) mass is 317 g/mol. The number of carbonyl (C=O) groups is 1. The average molecular weight is 317 g/mol. The molecule has 2 aromatic rings. The van der Waals surface area contributed by atoms with Gasteiger partial charge in [0.15, 0.2) is 0 Å². The molecule has 0 aliphatic carbocycles. The van der Waals surface area contributed by atoms with Crippen LogP contribution in [0, 0.1) is 11.6 Å². The van der Waals surface area contributed by atoms with Gasteiger partial charge < -0.3 is 9.64 Å². The fourth-order valence-electron chi connectivity index (χ4n) is 2.94. The number of methoxy groups -OCH3 is 1. The van der Waals surface area contributed by atoms with Gasteiger partial charge in [-0.2, -0.15) is 0 Å². The summed E-state index contributed by atoms with van der Waals surface area (Å²) in [5.41, 5.74) is 0.904. The highest BCUT2D eigenvalue weighted by atomic mass is 19.1. The molecule has 23 heavy (non-hydrogen) atoms. The number of halogens is 2. The number of nitrogens with zero attached hydrogens (tertiary/aromatic N) is 1. The third kappa shape index (κ3) is 3.18. The topological polar surface area (TPSA) is 29.5 Å². The van der Waals surface area contributed by atoms with Gasteiger partial charge in [0, 0.05) is 25.1 Å². The van der Waals surface area contributed by atoms with E-state index < -0.39 is 5.82 Å². The minimum atomic E-state index is -0.594. The van der Waals surface area contributed by atoms with E-state index in [-0.39, 0.29) is 23.2 Å². The van der Waals surface area contributed by atoms with Crippen molar-refractivity contribution >= 4 is 5.91 Å². The second-order valence-corrected chi connectivity index (χ2v) is 5.64. The molecule has 2 aromatic carbocycles. The summed E-state index contributed by atoms with van der Waals surface area (Å²) in [6.07, 6.45) is 0.743. The molecule has 3 nitrogen and oxygen atoms in total. The molecular weight excluding hydrogens is 300 g/mol. The Morgan fingerprint density at radius 1 is 1.22 bits per heavy atom. The van der Waals surface area contributed by atoms with E-state index in [4.69, 9.17) is 4.74 Å². The zero-order chi connectivity index (χ0) is 16.4. The van der Waals surface area contributed by atoms with E-state index in [1.165, 1.54) is 31.4 Å². The Morgan fingerprint density at radius 3 is 2.74 bits per heavy atom. The van der Waals surface area contributed by atoms with Gasteiger partial charge in [-0.25, -0.2) is 8.78 Å². The van der Waals surface area contributed by atoms with Gasteiger partial charge in [-0.15, -0.1) is 0 Å². The third-order valence-electron chi connectivity index (χ3n) is 4.20. The van der Waals surface area contributed by atoms with Crippen LogP contribution in [-0.4, -0.2) is 31.0 Å². The van der Waals surface area contributed by atoms with Gasteiger partial charge in [-0.1, -0.05) is 12.1 Å². The largest absolute Gasteiger partial charge is 0.497 e. The van der Waals surface area contributed by atoms with E-state index in [0.717, 1.165) is 12.0 Å². The molecule has 1 atom stereocenters. The highest BCUT2D eigenvalue weighted by Crippen LogP contribution is 2.29. The Hall–Kier alpha value is -2.43. The lowest BCUT2D eigenvalue weighted by atomic mass is 9.98. The highest BCUT2D eigenvalue weighted by molar-refractivity contribution is 5.94. The number of hydrogen-bond acceptors (Lipinski definition) is 2. The minimum Gasteiger partial charge on any atom is -0.497 e. The Labute approximate surface area is 133 Å². The van der Waals surface area contributed by atoms with Crippen LogP contribution in [0.5, 0.6) is 5.75 Å². The highest BCUT2D eigenvalue weighted by Gasteiger charge is 2.29. The maximum absolute atomic E-state index is 14.0. The van der Waals surface area contributed by atoms with Crippen LogP contribution in [0.25, 0.3) is 0 Å². The summed E-state index contributed by atoms with van der Waals surface area (Å²) >= 11 is 0. The lowest BCUT2D eigenvalue weighted by molar-refractivity contribution is 0.0786. The molecule has 0 saturated carbocycles. The second-order valence-electron chi connectivity index (χ2n) is 5.64. The van der Waals surface area contributed by atoms with E-state index in [9.17, 15) is 13.6 Å². The molecule has 0 spiro atoms.